The standard InChI is InChI=1S/C18H25N7O2/c1-13-4-6-14(7-5-13)17-21-23-25(22-17)12-16(26)24-10-2-3-15(11-24)18(27)20-9-8-19/h4-7,15H,2-3,8-12,19H2,1H3,(H,20,27). The van der Waals surface area contributed by atoms with Gasteiger partial charge >= 0.3 is 0 Å². The minimum atomic E-state index is -0.193. The minimum absolute atomic E-state index is 0.00992. The highest BCUT2D eigenvalue weighted by atomic mass is 16.2. The zero-order valence-electron chi connectivity index (χ0n) is 15.5. The summed E-state index contributed by atoms with van der Waals surface area (Å²) in [5, 5.41) is 15.1. The van der Waals surface area contributed by atoms with E-state index in [0.717, 1.165) is 24.0 Å². The number of benzene rings is 1. The van der Waals surface area contributed by atoms with Crippen LogP contribution in [-0.2, 0) is 16.1 Å². The lowest BCUT2D eigenvalue weighted by atomic mass is 9.97. The van der Waals surface area contributed by atoms with Crippen LogP contribution in [0.25, 0.3) is 11.4 Å². The summed E-state index contributed by atoms with van der Waals surface area (Å²) in [6, 6.07) is 7.80. The van der Waals surface area contributed by atoms with Crippen LogP contribution < -0.4 is 11.1 Å². The predicted octanol–water partition coefficient (Wildman–Crippen LogP) is -0.0380. The molecule has 1 unspecified atom stereocenters. The SMILES string of the molecule is Cc1ccc(-c2nnn(CC(=O)N3CCCC(C(=O)NCCN)C3)n2)cc1. The Hall–Kier alpha value is -2.81. The van der Waals surface area contributed by atoms with Crippen molar-refractivity contribution >= 4 is 11.8 Å². The third-order valence-corrected chi connectivity index (χ3v) is 4.63. The molecule has 2 heterocycles. The summed E-state index contributed by atoms with van der Waals surface area (Å²) in [4.78, 5) is 27.7. The fourth-order valence-electron chi connectivity index (χ4n) is 3.11. The summed E-state index contributed by atoms with van der Waals surface area (Å²) in [6.45, 7) is 3.93. The lowest BCUT2D eigenvalue weighted by Gasteiger charge is -2.31. The van der Waals surface area contributed by atoms with E-state index in [1.807, 2.05) is 31.2 Å². The second-order valence-electron chi connectivity index (χ2n) is 6.77. The van der Waals surface area contributed by atoms with Crippen molar-refractivity contribution in [2.75, 3.05) is 26.2 Å². The number of hydrogen-bond acceptors (Lipinski definition) is 6. The van der Waals surface area contributed by atoms with E-state index in [2.05, 4.69) is 20.7 Å². The van der Waals surface area contributed by atoms with Gasteiger partial charge in [0.25, 0.3) is 0 Å². The second kappa shape index (κ2) is 8.72. The van der Waals surface area contributed by atoms with Crippen LogP contribution >= 0.6 is 0 Å². The first-order valence-corrected chi connectivity index (χ1v) is 9.17. The molecule has 1 aromatic heterocycles. The number of carbonyl (C=O) groups is 2. The van der Waals surface area contributed by atoms with Gasteiger partial charge in [0.05, 0.1) is 5.92 Å². The zero-order chi connectivity index (χ0) is 19.2. The fraction of sp³-hybridized carbons (Fsp3) is 0.500. The number of nitrogens with one attached hydrogen (secondary N) is 1. The number of piperidine rings is 1. The van der Waals surface area contributed by atoms with E-state index < -0.39 is 0 Å². The van der Waals surface area contributed by atoms with Gasteiger partial charge in [-0.2, -0.15) is 4.80 Å². The topological polar surface area (TPSA) is 119 Å². The summed E-state index contributed by atoms with van der Waals surface area (Å²) >= 11 is 0. The van der Waals surface area contributed by atoms with Crippen LogP contribution in [0.15, 0.2) is 24.3 Å². The third-order valence-electron chi connectivity index (χ3n) is 4.63. The van der Waals surface area contributed by atoms with Crippen molar-refractivity contribution in [1.29, 1.82) is 0 Å². The molecule has 0 spiro atoms. The van der Waals surface area contributed by atoms with Gasteiger partial charge in [0.2, 0.25) is 17.6 Å². The Bertz CT molecular complexity index is 787. The number of nitrogens with zero attached hydrogens (tertiary/aromatic N) is 5. The number of aromatic nitrogens is 4. The molecule has 9 nitrogen and oxygen atoms in total. The van der Waals surface area contributed by atoms with E-state index in [1.54, 1.807) is 4.90 Å². The second-order valence-corrected chi connectivity index (χ2v) is 6.77. The summed E-state index contributed by atoms with van der Waals surface area (Å²) < 4.78 is 0. The van der Waals surface area contributed by atoms with Crippen LogP contribution in [0.3, 0.4) is 0 Å². The number of aryl methyl sites for hydroxylation is 1. The Kier molecular flexibility index (Phi) is 6.12. The van der Waals surface area contributed by atoms with Crippen LogP contribution in [0, 0.1) is 12.8 Å². The van der Waals surface area contributed by atoms with Crippen molar-refractivity contribution in [3.05, 3.63) is 29.8 Å². The van der Waals surface area contributed by atoms with Gasteiger partial charge in [0, 0.05) is 31.7 Å². The monoisotopic (exact) mass is 371 g/mol. The number of carbonyl (C=O) groups excluding carboxylic acids is 2. The number of tetrazole rings is 1. The van der Waals surface area contributed by atoms with Crippen molar-refractivity contribution in [2.45, 2.75) is 26.3 Å². The highest BCUT2D eigenvalue weighted by Gasteiger charge is 2.28. The van der Waals surface area contributed by atoms with E-state index in [-0.39, 0.29) is 24.3 Å². The Morgan fingerprint density at radius 1 is 1.30 bits per heavy atom. The van der Waals surface area contributed by atoms with Gasteiger partial charge in [0.1, 0.15) is 6.54 Å². The van der Waals surface area contributed by atoms with Crippen LogP contribution in [0.5, 0.6) is 0 Å². The first-order chi connectivity index (χ1) is 13.1. The molecule has 0 bridgehead atoms. The van der Waals surface area contributed by atoms with Crippen LogP contribution in [0.1, 0.15) is 18.4 Å². The molecule has 0 aliphatic carbocycles. The Morgan fingerprint density at radius 3 is 2.81 bits per heavy atom. The molecule has 1 fully saturated rings. The molecule has 0 radical (unpaired) electrons. The van der Waals surface area contributed by atoms with E-state index in [9.17, 15) is 9.59 Å². The molecule has 9 heteroatoms. The molecule has 2 aromatic rings. The molecule has 1 aliphatic rings. The smallest absolute Gasteiger partial charge is 0.246 e. The number of hydrogen-bond donors (Lipinski definition) is 2. The average Bonchev–Trinajstić information content (AvgIpc) is 3.15. The number of nitrogens with two attached hydrogens (primary N) is 1. The van der Waals surface area contributed by atoms with Crippen molar-refractivity contribution in [3.63, 3.8) is 0 Å². The van der Waals surface area contributed by atoms with E-state index in [0.29, 0.717) is 32.0 Å². The molecule has 1 aromatic carbocycles. The fourth-order valence-corrected chi connectivity index (χ4v) is 3.11. The van der Waals surface area contributed by atoms with Gasteiger partial charge in [-0.1, -0.05) is 29.8 Å². The van der Waals surface area contributed by atoms with Crippen LogP contribution in [0.4, 0.5) is 0 Å². The van der Waals surface area contributed by atoms with Crippen molar-refractivity contribution in [1.82, 2.24) is 30.4 Å². The van der Waals surface area contributed by atoms with Crippen molar-refractivity contribution in [2.24, 2.45) is 11.7 Å². The Labute approximate surface area is 157 Å². The first kappa shape index (κ1) is 19.0. The van der Waals surface area contributed by atoms with Gasteiger partial charge in [-0.15, -0.1) is 10.2 Å². The number of rotatable bonds is 6. The third kappa shape index (κ3) is 4.88. The lowest BCUT2D eigenvalue weighted by Crippen LogP contribution is -2.47. The van der Waals surface area contributed by atoms with Gasteiger partial charge in [0.15, 0.2) is 0 Å². The van der Waals surface area contributed by atoms with Crippen LogP contribution in [-0.4, -0.2) is 63.1 Å². The molecule has 2 amide bonds. The molecule has 0 saturated carbocycles. The Balaban J connectivity index is 1.58. The lowest BCUT2D eigenvalue weighted by molar-refractivity contribution is -0.136. The highest BCUT2D eigenvalue weighted by Crippen LogP contribution is 2.17. The van der Waals surface area contributed by atoms with E-state index in [4.69, 9.17) is 5.73 Å². The summed E-state index contributed by atoms with van der Waals surface area (Å²) in [6.07, 6.45) is 1.57. The molecule has 27 heavy (non-hydrogen) atoms. The van der Waals surface area contributed by atoms with Crippen molar-refractivity contribution < 1.29 is 9.59 Å². The Morgan fingerprint density at radius 2 is 2.07 bits per heavy atom. The quantitative estimate of drug-likeness (QED) is 0.735. The molecule has 144 valence electrons. The maximum atomic E-state index is 12.6. The first-order valence-electron chi connectivity index (χ1n) is 9.17. The summed E-state index contributed by atoms with van der Waals surface area (Å²) in [5.74, 6) is 0.138. The zero-order valence-corrected chi connectivity index (χ0v) is 15.5. The number of amides is 2. The van der Waals surface area contributed by atoms with E-state index in [1.165, 1.54) is 4.80 Å². The number of likely N-dealkylation sites (tertiary alicyclic amines) is 1. The molecular weight excluding hydrogens is 346 g/mol. The van der Waals surface area contributed by atoms with Gasteiger partial charge in [-0.25, -0.2) is 0 Å². The predicted molar refractivity (Wildman–Crippen MR) is 99.4 cm³/mol. The van der Waals surface area contributed by atoms with Gasteiger partial charge < -0.3 is 16.0 Å². The summed E-state index contributed by atoms with van der Waals surface area (Å²) in [5.41, 5.74) is 7.42. The normalized spacial score (nSPS) is 17.0. The molecule has 1 aliphatic heterocycles. The van der Waals surface area contributed by atoms with E-state index >= 15 is 0 Å². The van der Waals surface area contributed by atoms with Gasteiger partial charge in [-0.3, -0.25) is 9.59 Å². The summed E-state index contributed by atoms with van der Waals surface area (Å²) in [7, 11) is 0. The molecule has 1 saturated heterocycles. The molecule has 1 atom stereocenters. The largest absolute Gasteiger partial charge is 0.355 e. The highest BCUT2D eigenvalue weighted by molar-refractivity contribution is 5.81. The van der Waals surface area contributed by atoms with Crippen LogP contribution in [0.2, 0.25) is 0 Å². The maximum Gasteiger partial charge on any atom is 0.246 e. The minimum Gasteiger partial charge on any atom is -0.355 e. The molecular formula is C18H25N7O2. The van der Waals surface area contributed by atoms with Crippen molar-refractivity contribution in [3.8, 4) is 11.4 Å². The maximum absolute atomic E-state index is 12.6. The molecule has 3 rings (SSSR count). The van der Waals surface area contributed by atoms with Gasteiger partial charge in [-0.05, 0) is 25.0 Å². The molecule has 3 N–H and O–H groups in total. The average molecular weight is 371 g/mol.